The first-order chi connectivity index (χ1) is 10.4. The number of nitrogen functional groups attached to an aromatic ring is 1. The van der Waals surface area contributed by atoms with Crippen LogP contribution in [0.3, 0.4) is 0 Å². The molecule has 22 heavy (non-hydrogen) atoms. The van der Waals surface area contributed by atoms with Crippen LogP contribution in [0, 0.1) is 0 Å². The van der Waals surface area contributed by atoms with Crippen LogP contribution < -0.4 is 11.1 Å². The summed E-state index contributed by atoms with van der Waals surface area (Å²) < 4.78 is 0. The van der Waals surface area contributed by atoms with Gasteiger partial charge in [-0.25, -0.2) is 0 Å². The SMILES string of the molecule is CC1CCCC(C)N1C(=O)C(=O)NC(=O)c1ccccc1N. The number of hydrogen-bond acceptors (Lipinski definition) is 4. The number of nitrogens with two attached hydrogens (primary N) is 1. The maximum absolute atomic E-state index is 12.3. The Labute approximate surface area is 129 Å². The van der Waals surface area contributed by atoms with Gasteiger partial charge in [0.15, 0.2) is 0 Å². The summed E-state index contributed by atoms with van der Waals surface area (Å²) in [5.41, 5.74) is 6.14. The van der Waals surface area contributed by atoms with E-state index in [0.29, 0.717) is 0 Å². The molecule has 2 rings (SSSR count). The number of carbonyl (C=O) groups is 3. The third-order valence-electron chi connectivity index (χ3n) is 4.05. The molecule has 3 amide bonds. The van der Waals surface area contributed by atoms with Gasteiger partial charge in [0.25, 0.3) is 5.91 Å². The Morgan fingerprint density at radius 1 is 1.14 bits per heavy atom. The quantitative estimate of drug-likeness (QED) is 0.604. The summed E-state index contributed by atoms with van der Waals surface area (Å²) in [5.74, 6) is -2.23. The van der Waals surface area contributed by atoms with Crippen LogP contribution in [-0.4, -0.2) is 34.7 Å². The standard InChI is InChI=1S/C16H21N3O3/c1-10-6-5-7-11(2)19(10)16(22)15(21)18-14(20)12-8-3-4-9-13(12)17/h3-4,8-11H,5-7,17H2,1-2H3,(H,18,20,21). The minimum Gasteiger partial charge on any atom is -0.398 e. The van der Waals surface area contributed by atoms with Crippen molar-refractivity contribution in [3.8, 4) is 0 Å². The lowest BCUT2D eigenvalue weighted by Gasteiger charge is -2.38. The zero-order valence-corrected chi connectivity index (χ0v) is 12.8. The Morgan fingerprint density at radius 3 is 2.32 bits per heavy atom. The molecule has 1 aromatic carbocycles. The summed E-state index contributed by atoms with van der Waals surface area (Å²) in [5, 5.41) is 2.13. The number of nitrogens with zero attached hydrogens (tertiary/aromatic N) is 1. The van der Waals surface area contributed by atoms with E-state index in [2.05, 4.69) is 5.32 Å². The first-order valence-corrected chi connectivity index (χ1v) is 7.44. The van der Waals surface area contributed by atoms with Gasteiger partial charge in [0.1, 0.15) is 0 Å². The molecule has 1 aromatic rings. The van der Waals surface area contributed by atoms with Gasteiger partial charge in [-0.3, -0.25) is 19.7 Å². The van der Waals surface area contributed by atoms with Crippen LogP contribution in [0.2, 0.25) is 0 Å². The van der Waals surface area contributed by atoms with Gasteiger partial charge in [0.2, 0.25) is 0 Å². The number of nitrogens with one attached hydrogen (secondary N) is 1. The summed E-state index contributed by atoms with van der Waals surface area (Å²) in [6.45, 7) is 3.83. The van der Waals surface area contributed by atoms with Crippen molar-refractivity contribution >= 4 is 23.4 Å². The third-order valence-corrected chi connectivity index (χ3v) is 4.05. The molecule has 1 aliphatic rings. The Kier molecular flexibility index (Phi) is 4.80. The smallest absolute Gasteiger partial charge is 0.316 e. The Bertz CT molecular complexity index is 590. The largest absolute Gasteiger partial charge is 0.398 e. The van der Waals surface area contributed by atoms with Gasteiger partial charge in [-0.05, 0) is 45.2 Å². The summed E-state index contributed by atoms with van der Waals surface area (Å²) in [6.07, 6.45) is 2.76. The monoisotopic (exact) mass is 303 g/mol. The van der Waals surface area contributed by atoms with Crippen molar-refractivity contribution in [1.82, 2.24) is 10.2 Å². The predicted octanol–water partition coefficient (Wildman–Crippen LogP) is 1.31. The highest BCUT2D eigenvalue weighted by Crippen LogP contribution is 2.22. The fourth-order valence-electron chi connectivity index (χ4n) is 2.87. The Morgan fingerprint density at radius 2 is 1.73 bits per heavy atom. The minimum atomic E-state index is -0.908. The summed E-state index contributed by atoms with van der Waals surface area (Å²) in [4.78, 5) is 38.0. The van der Waals surface area contributed by atoms with Gasteiger partial charge in [0, 0.05) is 17.8 Å². The van der Waals surface area contributed by atoms with Crippen molar-refractivity contribution in [2.75, 3.05) is 5.73 Å². The number of piperidine rings is 1. The second-order valence-electron chi connectivity index (χ2n) is 5.71. The summed E-state index contributed by atoms with van der Waals surface area (Å²) in [6, 6.07) is 6.41. The van der Waals surface area contributed by atoms with Crippen molar-refractivity contribution in [3.63, 3.8) is 0 Å². The summed E-state index contributed by atoms with van der Waals surface area (Å²) in [7, 11) is 0. The van der Waals surface area contributed by atoms with Crippen LogP contribution in [0.5, 0.6) is 0 Å². The van der Waals surface area contributed by atoms with Crippen LogP contribution in [0.4, 0.5) is 5.69 Å². The molecule has 1 heterocycles. The highest BCUT2D eigenvalue weighted by molar-refractivity contribution is 6.38. The van der Waals surface area contributed by atoms with Gasteiger partial charge in [-0.2, -0.15) is 0 Å². The molecule has 0 saturated carbocycles. The van der Waals surface area contributed by atoms with Gasteiger partial charge in [-0.1, -0.05) is 12.1 Å². The number of imide groups is 1. The normalized spacial score (nSPS) is 21.3. The van der Waals surface area contributed by atoms with E-state index >= 15 is 0 Å². The number of amides is 3. The number of likely N-dealkylation sites (tertiary alicyclic amines) is 1. The molecular weight excluding hydrogens is 282 g/mol. The maximum atomic E-state index is 12.3. The van der Waals surface area contributed by atoms with E-state index in [0.717, 1.165) is 19.3 Å². The van der Waals surface area contributed by atoms with Crippen LogP contribution in [0.15, 0.2) is 24.3 Å². The van der Waals surface area contributed by atoms with E-state index < -0.39 is 17.7 Å². The van der Waals surface area contributed by atoms with Crippen LogP contribution in [0.1, 0.15) is 43.5 Å². The molecular formula is C16H21N3O3. The fourth-order valence-corrected chi connectivity index (χ4v) is 2.87. The minimum absolute atomic E-state index is 0.00102. The van der Waals surface area contributed by atoms with Crippen LogP contribution >= 0.6 is 0 Å². The third kappa shape index (κ3) is 3.27. The molecule has 6 heteroatoms. The molecule has 1 saturated heterocycles. The van der Waals surface area contributed by atoms with Gasteiger partial charge < -0.3 is 10.6 Å². The number of hydrogen-bond donors (Lipinski definition) is 2. The topological polar surface area (TPSA) is 92.5 Å². The molecule has 1 aliphatic heterocycles. The van der Waals surface area contributed by atoms with Gasteiger partial charge in [-0.15, -0.1) is 0 Å². The lowest BCUT2D eigenvalue weighted by molar-refractivity contribution is -0.149. The van der Waals surface area contributed by atoms with Gasteiger partial charge in [0.05, 0.1) is 5.56 Å². The van der Waals surface area contributed by atoms with E-state index in [1.165, 1.54) is 6.07 Å². The van der Waals surface area contributed by atoms with Gasteiger partial charge >= 0.3 is 11.8 Å². The molecule has 2 atom stereocenters. The fraction of sp³-hybridized carbons (Fsp3) is 0.438. The second-order valence-corrected chi connectivity index (χ2v) is 5.71. The van der Waals surface area contributed by atoms with Crippen molar-refractivity contribution in [3.05, 3.63) is 29.8 Å². The number of anilines is 1. The molecule has 0 bridgehead atoms. The lowest BCUT2D eigenvalue weighted by atomic mass is 9.97. The maximum Gasteiger partial charge on any atom is 0.316 e. The van der Waals surface area contributed by atoms with Crippen molar-refractivity contribution in [2.45, 2.75) is 45.2 Å². The number of para-hydroxylation sites is 1. The lowest BCUT2D eigenvalue weighted by Crippen LogP contribution is -2.53. The van der Waals surface area contributed by atoms with Crippen molar-refractivity contribution < 1.29 is 14.4 Å². The van der Waals surface area contributed by atoms with Crippen LogP contribution in [-0.2, 0) is 9.59 Å². The Hall–Kier alpha value is -2.37. The van der Waals surface area contributed by atoms with E-state index in [9.17, 15) is 14.4 Å². The number of rotatable bonds is 1. The average Bonchev–Trinajstić information content (AvgIpc) is 2.47. The predicted molar refractivity (Wildman–Crippen MR) is 82.9 cm³/mol. The highest BCUT2D eigenvalue weighted by Gasteiger charge is 2.33. The van der Waals surface area contributed by atoms with E-state index in [1.54, 1.807) is 23.1 Å². The first-order valence-electron chi connectivity index (χ1n) is 7.44. The zero-order valence-electron chi connectivity index (χ0n) is 12.8. The molecule has 0 spiro atoms. The summed E-state index contributed by atoms with van der Waals surface area (Å²) >= 11 is 0. The number of benzene rings is 1. The van der Waals surface area contributed by atoms with E-state index in [1.807, 2.05) is 13.8 Å². The Balaban J connectivity index is 2.07. The molecule has 0 radical (unpaired) electrons. The molecule has 6 nitrogen and oxygen atoms in total. The van der Waals surface area contributed by atoms with Crippen molar-refractivity contribution in [2.24, 2.45) is 0 Å². The average molecular weight is 303 g/mol. The highest BCUT2D eigenvalue weighted by atomic mass is 16.2. The second kappa shape index (κ2) is 6.60. The number of carbonyl (C=O) groups excluding carboxylic acids is 3. The molecule has 2 unspecified atom stereocenters. The molecule has 0 aliphatic carbocycles. The molecule has 1 fully saturated rings. The first kappa shape index (κ1) is 16.0. The van der Waals surface area contributed by atoms with Crippen molar-refractivity contribution in [1.29, 1.82) is 0 Å². The molecule has 118 valence electrons. The molecule has 0 aromatic heterocycles. The van der Waals surface area contributed by atoms with Crippen LogP contribution in [0.25, 0.3) is 0 Å². The van der Waals surface area contributed by atoms with E-state index in [4.69, 9.17) is 5.73 Å². The zero-order chi connectivity index (χ0) is 16.3. The van der Waals surface area contributed by atoms with E-state index in [-0.39, 0.29) is 23.3 Å². The molecule has 3 N–H and O–H groups in total.